The van der Waals surface area contributed by atoms with E-state index in [0.29, 0.717) is 11.3 Å². The van der Waals surface area contributed by atoms with Crippen molar-refractivity contribution in [2.24, 2.45) is 0 Å². The molecule has 4 nitrogen and oxygen atoms in total. The van der Waals surface area contributed by atoms with Crippen molar-refractivity contribution in [2.45, 2.75) is 0 Å². The van der Waals surface area contributed by atoms with Gasteiger partial charge in [0, 0.05) is 28.7 Å². The summed E-state index contributed by atoms with van der Waals surface area (Å²) in [5.41, 5.74) is 3.01. The van der Waals surface area contributed by atoms with Gasteiger partial charge in [-0.2, -0.15) is 0 Å². The molecular formula is C17H9FN4. The van der Waals surface area contributed by atoms with Crippen LogP contribution in [0.3, 0.4) is 0 Å². The molecule has 0 amide bonds. The lowest BCUT2D eigenvalue weighted by Gasteiger charge is -2.02. The lowest BCUT2D eigenvalue weighted by molar-refractivity contribution is 0.634. The molecule has 4 aromatic rings. The Morgan fingerprint density at radius 1 is 1.09 bits per heavy atom. The number of nitrogens with zero attached hydrogens (tertiary/aromatic N) is 3. The van der Waals surface area contributed by atoms with Crippen LogP contribution in [0.1, 0.15) is 0 Å². The van der Waals surface area contributed by atoms with Gasteiger partial charge >= 0.3 is 0 Å². The molecule has 0 aliphatic rings. The van der Waals surface area contributed by atoms with Crippen LogP contribution in [-0.4, -0.2) is 15.0 Å². The van der Waals surface area contributed by atoms with E-state index in [-0.39, 0.29) is 5.69 Å². The number of benzene rings is 1. The smallest absolute Gasteiger partial charge is 0.222 e. The summed E-state index contributed by atoms with van der Waals surface area (Å²) in [6.45, 7) is 6.89. The SMILES string of the molecule is [C-]#[N+]c1ccc(-c2ccc3c(n2)[nH]c2ccncc23)cc1[19F]. The third-order valence-electron chi connectivity index (χ3n) is 3.62. The van der Waals surface area contributed by atoms with E-state index < -0.39 is 5.82 Å². The zero-order valence-electron chi connectivity index (χ0n) is 11.3. The Kier molecular flexibility index (Phi) is 2.63. The van der Waals surface area contributed by atoms with Gasteiger partial charge in [-0.15, -0.1) is 0 Å². The van der Waals surface area contributed by atoms with Gasteiger partial charge in [-0.1, -0.05) is 12.1 Å². The second kappa shape index (κ2) is 4.64. The molecule has 0 aliphatic carbocycles. The summed E-state index contributed by atoms with van der Waals surface area (Å²) in [4.78, 5) is 15.0. The van der Waals surface area contributed by atoms with E-state index in [2.05, 4.69) is 19.8 Å². The number of hydrogen-bond donors (Lipinski definition) is 1. The van der Waals surface area contributed by atoms with Gasteiger partial charge in [-0.25, -0.2) is 14.2 Å². The van der Waals surface area contributed by atoms with Crippen molar-refractivity contribution < 1.29 is 4.39 Å². The maximum absolute atomic E-state index is 13.8. The number of pyridine rings is 2. The van der Waals surface area contributed by atoms with Crippen molar-refractivity contribution in [3.8, 4) is 11.3 Å². The Morgan fingerprint density at radius 3 is 2.82 bits per heavy atom. The minimum atomic E-state index is -0.532. The van der Waals surface area contributed by atoms with Gasteiger partial charge in [0.2, 0.25) is 5.69 Å². The largest absolute Gasteiger partial charge is 0.339 e. The van der Waals surface area contributed by atoms with E-state index in [1.165, 1.54) is 12.1 Å². The van der Waals surface area contributed by atoms with Crippen LogP contribution in [0.25, 0.3) is 38.0 Å². The zero-order chi connectivity index (χ0) is 15.1. The number of aromatic amines is 1. The summed E-state index contributed by atoms with van der Waals surface area (Å²) in [5, 5.41) is 1.98. The average Bonchev–Trinajstić information content (AvgIpc) is 2.92. The van der Waals surface area contributed by atoms with Crippen LogP contribution in [0.5, 0.6) is 0 Å². The van der Waals surface area contributed by atoms with Crippen molar-refractivity contribution in [3.63, 3.8) is 0 Å². The number of rotatable bonds is 1. The van der Waals surface area contributed by atoms with Crippen LogP contribution in [0.15, 0.2) is 48.8 Å². The van der Waals surface area contributed by atoms with E-state index in [1.807, 2.05) is 18.2 Å². The molecule has 0 spiro atoms. The van der Waals surface area contributed by atoms with Crippen molar-refractivity contribution in [1.29, 1.82) is 0 Å². The molecule has 22 heavy (non-hydrogen) atoms. The first-order chi connectivity index (χ1) is 10.8. The fraction of sp³-hybridized carbons (Fsp3) is 0. The number of nitrogens with one attached hydrogen (secondary N) is 1. The van der Waals surface area contributed by atoms with Crippen LogP contribution in [0.4, 0.5) is 10.1 Å². The molecule has 104 valence electrons. The fourth-order valence-electron chi connectivity index (χ4n) is 2.54. The van der Waals surface area contributed by atoms with Gasteiger partial charge in [0.05, 0.1) is 17.8 Å². The number of hydrogen-bond acceptors (Lipinski definition) is 2. The first kappa shape index (κ1) is 12.5. The van der Waals surface area contributed by atoms with Gasteiger partial charge in [0.25, 0.3) is 0 Å². The molecule has 3 heterocycles. The van der Waals surface area contributed by atoms with Crippen LogP contribution in [-0.2, 0) is 0 Å². The Hall–Kier alpha value is -3.26. The summed E-state index contributed by atoms with van der Waals surface area (Å²) in [7, 11) is 0. The molecule has 1 aromatic carbocycles. The van der Waals surface area contributed by atoms with Gasteiger partial charge in [0.15, 0.2) is 0 Å². The topological polar surface area (TPSA) is 45.9 Å². The van der Waals surface area contributed by atoms with Crippen LogP contribution >= 0.6 is 0 Å². The van der Waals surface area contributed by atoms with Gasteiger partial charge < -0.3 is 4.98 Å². The summed E-state index contributed by atoms with van der Waals surface area (Å²) < 4.78 is 13.8. The molecule has 1 N–H and O–H groups in total. The summed E-state index contributed by atoms with van der Waals surface area (Å²) in [5.74, 6) is -0.532. The quantitative estimate of drug-likeness (QED) is 0.525. The van der Waals surface area contributed by atoms with Crippen molar-refractivity contribution in [1.82, 2.24) is 15.0 Å². The Morgan fingerprint density at radius 2 is 2.00 bits per heavy atom. The lowest BCUT2D eigenvalue weighted by Crippen LogP contribution is -1.86. The highest BCUT2D eigenvalue weighted by Crippen LogP contribution is 2.28. The maximum Gasteiger partial charge on any atom is 0.222 e. The van der Waals surface area contributed by atoms with Gasteiger partial charge in [-0.3, -0.25) is 4.98 Å². The summed E-state index contributed by atoms with van der Waals surface area (Å²) >= 11 is 0. The maximum atomic E-state index is 13.8. The molecule has 0 radical (unpaired) electrons. The molecule has 0 atom stereocenters. The van der Waals surface area contributed by atoms with Gasteiger partial charge in [-0.05, 0) is 24.3 Å². The molecule has 0 bridgehead atoms. The number of H-pyrrole nitrogens is 1. The average molecular weight is 288 g/mol. The second-order valence-electron chi connectivity index (χ2n) is 4.92. The molecule has 0 saturated carbocycles. The molecule has 5 heteroatoms. The monoisotopic (exact) mass is 288 g/mol. The number of halogens is 1. The van der Waals surface area contributed by atoms with Crippen molar-refractivity contribution >= 4 is 27.6 Å². The molecule has 0 fully saturated rings. The van der Waals surface area contributed by atoms with E-state index in [9.17, 15) is 4.39 Å². The van der Waals surface area contributed by atoms with E-state index in [0.717, 1.165) is 21.9 Å². The van der Waals surface area contributed by atoms with E-state index in [1.54, 1.807) is 18.5 Å². The Labute approximate surface area is 125 Å². The first-order valence-corrected chi connectivity index (χ1v) is 6.66. The Balaban J connectivity index is 1.91. The highest BCUT2D eigenvalue weighted by Gasteiger charge is 2.09. The fourth-order valence-corrected chi connectivity index (χ4v) is 2.54. The normalized spacial score (nSPS) is 10.9. The standard InChI is InChI=1S/C17H9FN4/c1-19-16-4-2-10(8-13(16)18)14-5-3-11-12-9-20-7-6-15(12)22-17(11)21-14/h2-9H,(H,21,22)/i18+0. The minimum absolute atomic E-state index is 0.0153. The van der Waals surface area contributed by atoms with Crippen molar-refractivity contribution in [2.75, 3.05) is 0 Å². The van der Waals surface area contributed by atoms with Crippen LogP contribution < -0.4 is 0 Å². The highest BCUT2D eigenvalue weighted by molar-refractivity contribution is 6.05. The predicted molar refractivity (Wildman–Crippen MR) is 83.1 cm³/mol. The zero-order valence-corrected chi connectivity index (χ0v) is 11.3. The number of fused-ring (bicyclic) bond motifs is 3. The molecule has 0 saturated heterocycles. The van der Waals surface area contributed by atoms with Crippen LogP contribution in [0.2, 0.25) is 0 Å². The molecule has 0 unspecified atom stereocenters. The lowest BCUT2D eigenvalue weighted by atomic mass is 10.1. The predicted octanol–water partition coefficient (Wildman–Crippen LogP) is 4.47. The van der Waals surface area contributed by atoms with Crippen LogP contribution in [0, 0.1) is 12.4 Å². The van der Waals surface area contributed by atoms with E-state index in [4.69, 9.17) is 6.57 Å². The number of aromatic nitrogens is 3. The third kappa shape index (κ3) is 1.82. The Bertz CT molecular complexity index is 1060. The van der Waals surface area contributed by atoms with Crippen molar-refractivity contribution in [3.05, 3.63) is 66.0 Å². The minimum Gasteiger partial charge on any atom is -0.339 e. The highest BCUT2D eigenvalue weighted by atomic mass is 19.1. The second-order valence-corrected chi connectivity index (χ2v) is 4.92. The summed E-state index contributed by atoms with van der Waals surface area (Å²) in [6.07, 6.45) is 3.51. The van der Waals surface area contributed by atoms with Gasteiger partial charge in [0.1, 0.15) is 11.5 Å². The third-order valence-corrected chi connectivity index (χ3v) is 3.62. The molecule has 4 rings (SSSR count). The summed E-state index contributed by atoms with van der Waals surface area (Å²) in [6, 6.07) is 10.2. The molecular weight excluding hydrogens is 279 g/mol. The first-order valence-electron chi connectivity index (χ1n) is 6.66. The van der Waals surface area contributed by atoms with E-state index >= 15 is 0 Å². The molecule has 0 aliphatic heterocycles. The molecule has 3 aromatic heterocycles.